The molecular weight excluding hydrogens is 264 g/mol. The molecule has 0 bridgehead atoms. The summed E-state index contributed by atoms with van der Waals surface area (Å²) in [6.07, 6.45) is -0.111. The standard InChI is InChI=1S/C17H20N2O2/c1-19(15-10-18-11-16(15)20)17(21)9-12-6-7-13-4-2-3-5-14(13)8-12/h2-8,15-16,18,20H,9-11H2,1H3/t15-,16-/m1/s1. The van der Waals surface area contributed by atoms with E-state index in [2.05, 4.69) is 23.5 Å². The van der Waals surface area contributed by atoms with Gasteiger partial charge in [-0.1, -0.05) is 42.5 Å². The molecule has 2 aromatic rings. The van der Waals surface area contributed by atoms with Crippen LogP contribution in [0.4, 0.5) is 0 Å². The Morgan fingerprint density at radius 1 is 1.24 bits per heavy atom. The minimum atomic E-state index is -0.476. The van der Waals surface area contributed by atoms with E-state index < -0.39 is 6.10 Å². The molecule has 2 aromatic carbocycles. The molecule has 1 aliphatic rings. The summed E-state index contributed by atoms with van der Waals surface area (Å²) in [6.45, 7) is 1.21. The maximum absolute atomic E-state index is 12.4. The van der Waals surface area contributed by atoms with Crippen LogP contribution in [0.15, 0.2) is 42.5 Å². The number of hydrogen-bond acceptors (Lipinski definition) is 3. The first kappa shape index (κ1) is 14.0. The van der Waals surface area contributed by atoms with E-state index in [0.717, 1.165) is 10.9 Å². The van der Waals surface area contributed by atoms with Crippen molar-refractivity contribution in [1.29, 1.82) is 0 Å². The fourth-order valence-electron chi connectivity index (χ4n) is 2.88. The molecule has 2 N–H and O–H groups in total. The lowest BCUT2D eigenvalue weighted by Gasteiger charge is -2.26. The van der Waals surface area contributed by atoms with Crippen LogP contribution in [0.5, 0.6) is 0 Å². The normalized spacial score (nSPS) is 21.6. The number of hydrogen-bond donors (Lipinski definition) is 2. The summed E-state index contributed by atoms with van der Waals surface area (Å²) in [6, 6.07) is 14.1. The first-order chi connectivity index (χ1) is 10.1. The summed E-state index contributed by atoms with van der Waals surface area (Å²) >= 11 is 0. The van der Waals surface area contributed by atoms with Gasteiger partial charge in [0.1, 0.15) is 0 Å². The Balaban J connectivity index is 1.73. The third kappa shape index (κ3) is 2.91. The summed E-state index contributed by atoms with van der Waals surface area (Å²) in [7, 11) is 1.77. The number of aliphatic hydroxyl groups excluding tert-OH is 1. The summed E-state index contributed by atoms with van der Waals surface area (Å²) in [5.41, 5.74) is 1.01. The average Bonchev–Trinajstić information content (AvgIpc) is 2.92. The molecule has 2 atom stereocenters. The smallest absolute Gasteiger partial charge is 0.227 e. The molecule has 1 aliphatic heterocycles. The highest BCUT2D eigenvalue weighted by Crippen LogP contribution is 2.17. The molecule has 0 aliphatic carbocycles. The first-order valence-electron chi connectivity index (χ1n) is 7.27. The lowest BCUT2D eigenvalue weighted by Crippen LogP contribution is -2.44. The summed E-state index contributed by atoms with van der Waals surface area (Å²) in [5, 5.41) is 15.3. The number of carbonyl (C=O) groups excluding carboxylic acids is 1. The van der Waals surface area contributed by atoms with Gasteiger partial charge in [-0.3, -0.25) is 4.79 Å². The number of benzene rings is 2. The minimum absolute atomic E-state index is 0.0398. The Labute approximate surface area is 124 Å². The molecule has 0 aromatic heterocycles. The van der Waals surface area contributed by atoms with Gasteiger partial charge in [-0.15, -0.1) is 0 Å². The van der Waals surface area contributed by atoms with Crippen LogP contribution < -0.4 is 5.32 Å². The van der Waals surface area contributed by atoms with E-state index in [0.29, 0.717) is 19.5 Å². The molecule has 21 heavy (non-hydrogen) atoms. The maximum atomic E-state index is 12.4. The predicted molar refractivity (Wildman–Crippen MR) is 83.1 cm³/mol. The van der Waals surface area contributed by atoms with Gasteiger partial charge in [-0.25, -0.2) is 0 Å². The molecule has 0 saturated carbocycles. The molecular formula is C17H20N2O2. The maximum Gasteiger partial charge on any atom is 0.227 e. The largest absolute Gasteiger partial charge is 0.390 e. The second-order valence-corrected chi connectivity index (χ2v) is 5.66. The molecule has 1 saturated heterocycles. The van der Waals surface area contributed by atoms with Crippen LogP contribution in [0, 0.1) is 0 Å². The van der Waals surface area contributed by atoms with Gasteiger partial charge in [0.25, 0.3) is 0 Å². The van der Waals surface area contributed by atoms with Crippen LogP contribution in [-0.4, -0.2) is 48.2 Å². The Hall–Kier alpha value is -1.91. The Morgan fingerprint density at radius 2 is 2.00 bits per heavy atom. The first-order valence-corrected chi connectivity index (χ1v) is 7.27. The summed E-state index contributed by atoms with van der Waals surface area (Å²) in [4.78, 5) is 14.0. The van der Waals surface area contributed by atoms with Crippen molar-refractivity contribution in [1.82, 2.24) is 10.2 Å². The summed E-state index contributed by atoms with van der Waals surface area (Å²) in [5.74, 6) is 0.0398. The van der Waals surface area contributed by atoms with Gasteiger partial charge in [0, 0.05) is 20.1 Å². The van der Waals surface area contributed by atoms with E-state index in [1.165, 1.54) is 5.39 Å². The molecule has 0 unspecified atom stereocenters. The Morgan fingerprint density at radius 3 is 2.71 bits per heavy atom. The number of nitrogens with zero attached hydrogens (tertiary/aromatic N) is 1. The van der Waals surface area contributed by atoms with Crippen molar-refractivity contribution in [3.63, 3.8) is 0 Å². The number of nitrogens with one attached hydrogen (secondary N) is 1. The van der Waals surface area contributed by atoms with E-state index in [1.807, 2.05) is 24.3 Å². The van der Waals surface area contributed by atoms with Gasteiger partial charge in [0.2, 0.25) is 5.91 Å². The van der Waals surface area contributed by atoms with E-state index in [-0.39, 0.29) is 11.9 Å². The van der Waals surface area contributed by atoms with Crippen molar-refractivity contribution in [3.05, 3.63) is 48.0 Å². The monoisotopic (exact) mass is 284 g/mol. The van der Waals surface area contributed by atoms with Gasteiger partial charge < -0.3 is 15.3 Å². The topological polar surface area (TPSA) is 52.6 Å². The molecule has 4 nitrogen and oxygen atoms in total. The summed E-state index contributed by atoms with van der Waals surface area (Å²) < 4.78 is 0. The van der Waals surface area contributed by atoms with Gasteiger partial charge in [-0.05, 0) is 16.3 Å². The lowest BCUT2D eigenvalue weighted by molar-refractivity contribution is -0.132. The van der Waals surface area contributed by atoms with Crippen molar-refractivity contribution >= 4 is 16.7 Å². The Kier molecular flexibility index (Phi) is 3.90. The fraction of sp³-hybridized carbons (Fsp3) is 0.353. The average molecular weight is 284 g/mol. The molecule has 3 rings (SSSR count). The van der Waals surface area contributed by atoms with Crippen molar-refractivity contribution < 1.29 is 9.90 Å². The Bertz CT molecular complexity index is 656. The van der Waals surface area contributed by atoms with Crippen LogP contribution >= 0.6 is 0 Å². The van der Waals surface area contributed by atoms with Crippen molar-refractivity contribution in [2.75, 3.05) is 20.1 Å². The van der Waals surface area contributed by atoms with E-state index in [4.69, 9.17) is 0 Å². The van der Waals surface area contributed by atoms with E-state index in [1.54, 1.807) is 11.9 Å². The van der Waals surface area contributed by atoms with Crippen molar-refractivity contribution in [3.8, 4) is 0 Å². The lowest BCUT2D eigenvalue weighted by atomic mass is 10.0. The quantitative estimate of drug-likeness (QED) is 0.890. The van der Waals surface area contributed by atoms with Crippen molar-refractivity contribution in [2.24, 2.45) is 0 Å². The number of carbonyl (C=O) groups is 1. The molecule has 110 valence electrons. The SMILES string of the molecule is CN(C(=O)Cc1ccc2ccccc2c1)[C@@H]1CNC[C@H]1O. The third-order valence-corrected chi connectivity index (χ3v) is 4.21. The number of rotatable bonds is 3. The third-order valence-electron chi connectivity index (χ3n) is 4.21. The molecule has 1 fully saturated rings. The number of likely N-dealkylation sites (N-methyl/N-ethyl adjacent to an activating group) is 1. The van der Waals surface area contributed by atoms with Crippen LogP contribution in [0.2, 0.25) is 0 Å². The molecule has 1 heterocycles. The number of fused-ring (bicyclic) bond motifs is 1. The molecule has 0 spiro atoms. The van der Waals surface area contributed by atoms with Crippen LogP contribution in [-0.2, 0) is 11.2 Å². The minimum Gasteiger partial charge on any atom is -0.390 e. The highest BCUT2D eigenvalue weighted by atomic mass is 16.3. The zero-order valence-corrected chi connectivity index (χ0v) is 12.1. The van der Waals surface area contributed by atoms with Crippen LogP contribution in [0.1, 0.15) is 5.56 Å². The molecule has 4 heteroatoms. The van der Waals surface area contributed by atoms with Crippen LogP contribution in [0.3, 0.4) is 0 Å². The second kappa shape index (κ2) is 5.84. The highest BCUT2D eigenvalue weighted by Gasteiger charge is 2.30. The molecule has 0 radical (unpaired) electrons. The zero-order chi connectivity index (χ0) is 14.8. The van der Waals surface area contributed by atoms with E-state index in [9.17, 15) is 9.90 Å². The van der Waals surface area contributed by atoms with Gasteiger partial charge >= 0.3 is 0 Å². The number of β-amino-alcohol motifs (C(OH)–C–C–N with tert-alkyl or cyclic N) is 1. The number of amides is 1. The number of aliphatic hydroxyl groups is 1. The zero-order valence-electron chi connectivity index (χ0n) is 12.1. The van der Waals surface area contributed by atoms with Gasteiger partial charge in [0.05, 0.1) is 18.6 Å². The van der Waals surface area contributed by atoms with Crippen molar-refractivity contribution in [2.45, 2.75) is 18.6 Å². The highest BCUT2D eigenvalue weighted by molar-refractivity contribution is 5.85. The van der Waals surface area contributed by atoms with Gasteiger partial charge in [0.15, 0.2) is 0 Å². The molecule has 1 amide bonds. The van der Waals surface area contributed by atoms with E-state index >= 15 is 0 Å². The van der Waals surface area contributed by atoms with Gasteiger partial charge in [-0.2, -0.15) is 0 Å². The second-order valence-electron chi connectivity index (χ2n) is 5.66. The van der Waals surface area contributed by atoms with Crippen LogP contribution in [0.25, 0.3) is 10.8 Å². The predicted octanol–water partition coefficient (Wildman–Crippen LogP) is 1.17. The fourth-order valence-corrected chi connectivity index (χ4v) is 2.88.